The van der Waals surface area contributed by atoms with E-state index in [0.717, 1.165) is 156 Å². The lowest BCUT2D eigenvalue weighted by Crippen LogP contribution is -2.33. The van der Waals surface area contributed by atoms with Gasteiger partial charge in [-0.1, -0.05) is 133 Å². The number of aromatic nitrogens is 8. The van der Waals surface area contributed by atoms with Crippen LogP contribution in [0.2, 0.25) is 0 Å². The zero-order valence-corrected chi connectivity index (χ0v) is 49.6. The number of hydrogen-bond donors (Lipinski definition) is 0. The van der Waals surface area contributed by atoms with Crippen LogP contribution in [0, 0.1) is 6.57 Å². The molecule has 21 rings (SSSR count). The number of hydrogen-bond acceptors (Lipinski definition) is 4. The van der Waals surface area contributed by atoms with Gasteiger partial charge in [0.15, 0.2) is 5.69 Å². The fraction of sp³-hybridized carbons (Fsp3) is 0.0120. The fourth-order valence-electron chi connectivity index (χ4n) is 16.4. The zero-order chi connectivity index (χ0) is 60.8. The van der Waals surface area contributed by atoms with E-state index in [1.165, 1.54) is 26.9 Å². The van der Waals surface area contributed by atoms with Crippen LogP contribution >= 0.6 is 0 Å². The average molecular weight is 1190 g/mol. The number of fused-ring (bicyclic) bond motifs is 24. The minimum Gasteiger partial charge on any atom is -0.457 e. The Kier molecular flexibility index (Phi) is 9.90. The second-order valence-corrected chi connectivity index (χ2v) is 24.6. The molecule has 1 aliphatic heterocycles. The summed E-state index contributed by atoms with van der Waals surface area (Å²) in [6, 6.07) is 93.9. The number of nitrogens with zero attached hydrogens (tertiary/aromatic N) is 9. The number of pyridine rings is 3. The van der Waals surface area contributed by atoms with Crippen molar-refractivity contribution in [2.75, 3.05) is 0 Å². The van der Waals surface area contributed by atoms with Crippen LogP contribution in [0.1, 0.15) is 22.3 Å². The summed E-state index contributed by atoms with van der Waals surface area (Å²) in [7, 11) is 0. The summed E-state index contributed by atoms with van der Waals surface area (Å²) in [5.74, 6) is 1.46. The van der Waals surface area contributed by atoms with Crippen molar-refractivity contribution in [3.05, 3.63) is 319 Å². The first-order valence-corrected chi connectivity index (χ1v) is 31.3. The van der Waals surface area contributed by atoms with Crippen molar-refractivity contribution in [1.29, 1.82) is 0 Å². The first-order valence-electron chi connectivity index (χ1n) is 31.3. The Morgan fingerprint density at radius 1 is 0.290 bits per heavy atom. The average Bonchev–Trinajstić information content (AvgIpc) is 1.56. The number of ether oxygens (including phenoxy) is 1. The van der Waals surface area contributed by atoms with Crippen LogP contribution < -0.4 is 4.74 Å². The second kappa shape index (κ2) is 18.4. The molecule has 0 saturated heterocycles. The summed E-state index contributed by atoms with van der Waals surface area (Å²) in [5, 5.41) is 11.4. The highest BCUT2D eigenvalue weighted by Gasteiger charge is 2.54. The maximum Gasteiger partial charge on any atom is 0.188 e. The largest absolute Gasteiger partial charge is 0.457 e. The third-order valence-corrected chi connectivity index (χ3v) is 20.1. The summed E-state index contributed by atoms with van der Waals surface area (Å²) in [6.07, 6.45) is 7.93. The van der Waals surface area contributed by atoms with Crippen LogP contribution in [-0.2, 0) is 5.41 Å². The van der Waals surface area contributed by atoms with Gasteiger partial charge in [-0.2, -0.15) is 0 Å². The lowest BCUT2D eigenvalue weighted by Gasteiger charge is -2.39. The highest BCUT2D eigenvalue weighted by molar-refractivity contribution is 6.14. The molecule has 2 aliphatic rings. The molecule has 0 saturated carbocycles. The van der Waals surface area contributed by atoms with E-state index < -0.39 is 5.41 Å². The Hall–Kier alpha value is -12.8. The smallest absolute Gasteiger partial charge is 0.188 e. The van der Waals surface area contributed by atoms with Gasteiger partial charge in [0, 0.05) is 94.0 Å². The van der Waals surface area contributed by atoms with Gasteiger partial charge in [-0.15, -0.1) is 0 Å². The molecule has 9 heterocycles. The Balaban J connectivity index is 0.884. The van der Waals surface area contributed by atoms with E-state index >= 15 is 0 Å². The van der Waals surface area contributed by atoms with Gasteiger partial charge in [-0.25, -0.2) is 4.85 Å². The van der Waals surface area contributed by atoms with Crippen LogP contribution in [0.3, 0.4) is 0 Å². The van der Waals surface area contributed by atoms with E-state index in [1.54, 1.807) is 0 Å². The summed E-state index contributed by atoms with van der Waals surface area (Å²) in [4.78, 5) is 19.9. The van der Waals surface area contributed by atoms with Gasteiger partial charge >= 0.3 is 0 Å². The van der Waals surface area contributed by atoms with E-state index in [1.807, 2.05) is 36.9 Å². The summed E-state index contributed by atoms with van der Waals surface area (Å²) < 4.78 is 19.3. The molecule has 0 amide bonds. The van der Waals surface area contributed by atoms with Gasteiger partial charge in [0.2, 0.25) is 0 Å². The van der Waals surface area contributed by atoms with Crippen molar-refractivity contribution in [1.82, 2.24) is 37.8 Å². The normalized spacial score (nSPS) is 13.1. The standard InChI is InChI=1S/C83H47N9O/c1-84-49-30-34-76-63(40-49)60-21-7-14-28-74(60)88(76)51-32-36-79-65(42-51)83(66-43-52(33-37-80(66)93-79)89-75-29-15-8-22-61(75)64-41-50(31-35-77(64)89)90-69-23-9-6-20-59(69)62-38-39-85-48-78(62)90)67-44-53(91-70-24-10-2-16-55(70)56-17-3-11-25-71(56)91)46-86-81(67)82-68(83)45-54(47-87-82)92-72-26-12-4-18-57(72)58-19-5-13-27-73(58)92/h2-48H. The molecule has 0 fully saturated rings. The molecular formula is C83H47N9O. The minimum atomic E-state index is -1.13. The van der Waals surface area contributed by atoms with Gasteiger partial charge in [-0.05, 0) is 133 Å². The summed E-state index contributed by atoms with van der Waals surface area (Å²) in [5.41, 5.74) is 20.5. The van der Waals surface area contributed by atoms with E-state index in [-0.39, 0.29) is 0 Å². The molecule has 10 nitrogen and oxygen atoms in total. The van der Waals surface area contributed by atoms with E-state index in [2.05, 4.69) is 281 Å². The van der Waals surface area contributed by atoms with Crippen LogP contribution in [0.5, 0.6) is 11.5 Å². The van der Waals surface area contributed by atoms with Crippen molar-refractivity contribution in [3.63, 3.8) is 0 Å². The van der Waals surface area contributed by atoms with E-state index in [0.29, 0.717) is 5.69 Å². The molecule has 430 valence electrons. The van der Waals surface area contributed by atoms with E-state index in [4.69, 9.17) is 21.3 Å². The summed E-state index contributed by atoms with van der Waals surface area (Å²) >= 11 is 0. The van der Waals surface area contributed by atoms with Crippen molar-refractivity contribution >= 4 is 115 Å². The first-order chi connectivity index (χ1) is 46.1. The summed E-state index contributed by atoms with van der Waals surface area (Å²) in [6.45, 7) is 8.06. The van der Waals surface area contributed by atoms with Crippen LogP contribution in [0.4, 0.5) is 5.69 Å². The lowest BCUT2D eigenvalue weighted by molar-refractivity contribution is 0.436. The molecule has 0 unspecified atom stereocenters. The first kappa shape index (κ1) is 50.1. The number of rotatable bonds is 5. The second-order valence-electron chi connectivity index (χ2n) is 24.6. The Bertz CT molecular complexity index is 6260. The predicted octanol–water partition coefficient (Wildman–Crippen LogP) is 20.4. The van der Waals surface area contributed by atoms with Gasteiger partial charge in [0.25, 0.3) is 0 Å². The number of benzene rings is 11. The molecular weight excluding hydrogens is 1140 g/mol. The highest BCUT2D eigenvalue weighted by Crippen LogP contribution is 2.63. The van der Waals surface area contributed by atoms with Gasteiger partial charge in [0.05, 0.1) is 109 Å². The molecule has 93 heavy (non-hydrogen) atoms. The van der Waals surface area contributed by atoms with Gasteiger partial charge in [0.1, 0.15) is 11.5 Å². The Morgan fingerprint density at radius 3 is 1.06 bits per heavy atom. The molecule has 0 atom stereocenters. The number of para-hydroxylation sites is 7. The maximum absolute atomic E-state index is 8.06. The molecule has 1 aliphatic carbocycles. The predicted molar refractivity (Wildman–Crippen MR) is 375 cm³/mol. The fourth-order valence-corrected chi connectivity index (χ4v) is 16.4. The Morgan fingerprint density at radius 2 is 0.624 bits per heavy atom. The van der Waals surface area contributed by atoms with Crippen LogP contribution in [0.25, 0.3) is 154 Å². The highest BCUT2D eigenvalue weighted by atomic mass is 16.5. The third kappa shape index (κ3) is 6.60. The zero-order valence-electron chi connectivity index (χ0n) is 49.6. The molecule has 11 aromatic carbocycles. The van der Waals surface area contributed by atoms with Crippen molar-refractivity contribution in [2.24, 2.45) is 0 Å². The Labute approximate surface area is 530 Å². The molecule has 8 aromatic heterocycles. The van der Waals surface area contributed by atoms with Crippen molar-refractivity contribution in [2.45, 2.75) is 5.41 Å². The SMILES string of the molecule is [C-]#[N+]c1ccc2c(c1)c1ccccc1n2-c1ccc2c(c1)C1(c3cc(-n4c5ccccc5c5cc(-n6c7ccccc7c7ccncc76)ccc54)ccc3O2)c2cc(-n3c4ccccc4c4ccccc43)cnc2-c2ncc(-n3c4ccccc4c4ccccc43)cc21. The minimum absolute atomic E-state index is 0.595. The van der Waals surface area contributed by atoms with E-state index in [9.17, 15) is 0 Å². The molecule has 10 heteroatoms. The molecule has 0 radical (unpaired) electrons. The van der Waals surface area contributed by atoms with Crippen LogP contribution in [0.15, 0.2) is 286 Å². The lowest BCUT2D eigenvalue weighted by atomic mass is 9.66. The molecule has 0 N–H and O–H groups in total. The topological polar surface area (TPSA) is 76.9 Å². The third-order valence-electron chi connectivity index (χ3n) is 20.1. The van der Waals surface area contributed by atoms with Gasteiger partial charge in [-0.3, -0.25) is 15.0 Å². The monoisotopic (exact) mass is 1190 g/mol. The quantitative estimate of drug-likeness (QED) is 0.161. The van der Waals surface area contributed by atoms with Crippen molar-refractivity contribution < 1.29 is 4.74 Å². The van der Waals surface area contributed by atoms with Crippen LogP contribution in [-0.4, -0.2) is 37.8 Å². The van der Waals surface area contributed by atoms with Crippen molar-refractivity contribution in [3.8, 4) is 51.3 Å². The molecule has 19 aromatic rings. The molecule has 0 bridgehead atoms. The van der Waals surface area contributed by atoms with Gasteiger partial charge < -0.3 is 27.6 Å². The maximum atomic E-state index is 8.06. The molecule has 1 spiro atoms.